The topological polar surface area (TPSA) is 78.9 Å². The Bertz CT molecular complexity index is 859. The van der Waals surface area contributed by atoms with Crippen molar-refractivity contribution in [3.8, 4) is 0 Å². The molecule has 0 bridgehead atoms. The number of carbonyl (C=O) groups is 3. The predicted octanol–water partition coefficient (Wildman–Crippen LogP) is 16.8. The molecule has 0 aliphatic heterocycles. The van der Waals surface area contributed by atoms with Crippen molar-refractivity contribution in [3.05, 3.63) is 0 Å². The number of esters is 3. The molecule has 0 aromatic carbocycles. The van der Waals surface area contributed by atoms with Crippen molar-refractivity contribution in [2.75, 3.05) is 13.2 Å². The molecule has 344 valence electrons. The van der Waals surface area contributed by atoms with Gasteiger partial charge in [0.05, 0.1) is 0 Å². The molecule has 6 nitrogen and oxygen atoms in total. The number of rotatable bonds is 48. The van der Waals surface area contributed by atoms with Crippen LogP contribution in [0.4, 0.5) is 0 Å². The molecule has 58 heavy (non-hydrogen) atoms. The largest absolute Gasteiger partial charge is 0.462 e. The zero-order valence-corrected chi connectivity index (χ0v) is 39.3. The first-order chi connectivity index (χ1) is 28.5. The standard InChI is InChI=1S/C52H100O6/c1-4-7-10-13-15-17-19-21-23-25-26-27-29-30-32-34-36-39-42-45-51(54)57-48-49(47-56-50(53)44-41-38-12-9-6-3)58-52(55)46-43-40-37-35-33-31-28-24-22-20-18-16-14-11-8-5-2/h49H,4-48H2,1-3H3/t49-/m1/s1. The Kier molecular flexibility index (Phi) is 46.8. The summed E-state index contributed by atoms with van der Waals surface area (Å²) in [6.07, 6.45) is 51.3. The zero-order valence-electron chi connectivity index (χ0n) is 39.3. The minimum Gasteiger partial charge on any atom is -0.462 e. The molecule has 6 heteroatoms. The lowest BCUT2D eigenvalue weighted by atomic mass is 10.0. The summed E-state index contributed by atoms with van der Waals surface area (Å²) in [5.74, 6) is -0.857. The molecule has 0 N–H and O–H groups in total. The second-order valence-electron chi connectivity index (χ2n) is 17.8. The highest BCUT2D eigenvalue weighted by atomic mass is 16.6. The van der Waals surface area contributed by atoms with Crippen molar-refractivity contribution in [3.63, 3.8) is 0 Å². The van der Waals surface area contributed by atoms with Crippen LogP contribution in [0.15, 0.2) is 0 Å². The van der Waals surface area contributed by atoms with Gasteiger partial charge in [-0.25, -0.2) is 0 Å². The third kappa shape index (κ3) is 45.5. The van der Waals surface area contributed by atoms with Crippen molar-refractivity contribution < 1.29 is 28.6 Å². The molecule has 0 aromatic rings. The average molecular weight is 821 g/mol. The van der Waals surface area contributed by atoms with Gasteiger partial charge in [-0.1, -0.05) is 258 Å². The maximum absolute atomic E-state index is 12.7. The average Bonchev–Trinajstić information content (AvgIpc) is 3.22. The van der Waals surface area contributed by atoms with Gasteiger partial charge in [0, 0.05) is 19.3 Å². The Balaban J connectivity index is 4.08. The van der Waals surface area contributed by atoms with E-state index in [-0.39, 0.29) is 31.1 Å². The molecule has 0 amide bonds. The smallest absolute Gasteiger partial charge is 0.306 e. The SMILES string of the molecule is CCCCCCCCCCCCCCCCCCCCCC(=O)OC[C@@H](COC(=O)CCCCCCC)OC(=O)CCCCCCCCCCCCCCCCCC. The first kappa shape index (κ1) is 56.4. The lowest BCUT2D eigenvalue weighted by Gasteiger charge is -2.18. The van der Waals surface area contributed by atoms with E-state index in [1.807, 2.05) is 0 Å². The molecular formula is C52H100O6. The van der Waals surface area contributed by atoms with Gasteiger partial charge >= 0.3 is 17.9 Å². The van der Waals surface area contributed by atoms with Crippen LogP contribution < -0.4 is 0 Å². The number of ether oxygens (including phenoxy) is 3. The lowest BCUT2D eigenvalue weighted by molar-refractivity contribution is -0.167. The van der Waals surface area contributed by atoms with Crippen LogP contribution in [0.3, 0.4) is 0 Å². The fourth-order valence-corrected chi connectivity index (χ4v) is 7.92. The minimum atomic E-state index is -0.758. The van der Waals surface area contributed by atoms with Crippen LogP contribution in [-0.4, -0.2) is 37.2 Å². The Morgan fingerprint density at radius 2 is 0.466 bits per heavy atom. The van der Waals surface area contributed by atoms with E-state index in [0.29, 0.717) is 19.3 Å². The van der Waals surface area contributed by atoms with Gasteiger partial charge in [0.2, 0.25) is 0 Å². The minimum absolute atomic E-state index is 0.0631. The van der Waals surface area contributed by atoms with E-state index >= 15 is 0 Å². The van der Waals surface area contributed by atoms with E-state index in [1.165, 1.54) is 193 Å². The molecule has 0 aliphatic carbocycles. The zero-order chi connectivity index (χ0) is 42.3. The van der Waals surface area contributed by atoms with E-state index in [4.69, 9.17) is 14.2 Å². The molecule has 0 aliphatic rings. The van der Waals surface area contributed by atoms with E-state index in [1.54, 1.807) is 0 Å². The summed E-state index contributed by atoms with van der Waals surface area (Å²) in [5, 5.41) is 0. The fraction of sp³-hybridized carbons (Fsp3) is 0.942. The van der Waals surface area contributed by atoms with E-state index < -0.39 is 6.10 Å². The van der Waals surface area contributed by atoms with Gasteiger partial charge in [0.15, 0.2) is 6.10 Å². The molecule has 0 heterocycles. The molecule has 0 spiro atoms. The van der Waals surface area contributed by atoms with Crippen molar-refractivity contribution in [2.24, 2.45) is 0 Å². The highest BCUT2D eigenvalue weighted by Gasteiger charge is 2.19. The summed E-state index contributed by atoms with van der Waals surface area (Å²) in [6, 6.07) is 0. The van der Waals surface area contributed by atoms with Crippen LogP contribution >= 0.6 is 0 Å². The number of hydrogen-bond acceptors (Lipinski definition) is 6. The molecule has 0 radical (unpaired) electrons. The number of hydrogen-bond donors (Lipinski definition) is 0. The molecule has 0 saturated carbocycles. The summed E-state index contributed by atoms with van der Waals surface area (Å²) < 4.78 is 16.7. The summed E-state index contributed by atoms with van der Waals surface area (Å²) in [4.78, 5) is 37.6. The molecule has 0 aromatic heterocycles. The molecule has 0 fully saturated rings. The van der Waals surface area contributed by atoms with E-state index in [2.05, 4.69) is 20.8 Å². The highest BCUT2D eigenvalue weighted by Crippen LogP contribution is 2.17. The van der Waals surface area contributed by atoms with Crippen LogP contribution in [0.1, 0.15) is 297 Å². The van der Waals surface area contributed by atoms with Gasteiger partial charge < -0.3 is 14.2 Å². The highest BCUT2D eigenvalue weighted by molar-refractivity contribution is 5.71. The van der Waals surface area contributed by atoms with Gasteiger partial charge in [-0.15, -0.1) is 0 Å². The first-order valence-electron chi connectivity index (χ1n) is 26.0. The predicted molar refractivity (Wildman–Crippen MR) is 247 cm³/mol. The normalized spacial score (nSPS) is 11.8. The van der Waals surface area contributed by atoms with E-state index in [0.717, 1.165) is 64.2 Å². The van der Waals surface area contributed by atoms with Gasteiger partial charge in [-0.05, 0) is 19.3 Å². The van der Waals surface area contributed by atoms with Crippen LogP contribution in [0.2, 0.25) is 0 Å². The summed E-state index contributed by atoms with van der Waals surface area (Å²) in [5.41, 5.74) is 0. The van der Waals surface area contributed by atoms with Crippen LogP contribution in [-0.2, 0) is 28.6 Å². The molecule has 1 atom stereocenters. The second-order valence-corrected chi connectivity index (χ2v) is 17.8. The van der Waals surface area contributed by atoms with Crippen molar-refractivity contribution in [1.82, 2.24) is 0 Å². The molecule has 0 rings (SSSR count). The number of unbranched alkanes of at least 4 members (excludes halogenated alkanes) is 37. The number of carbonyl (C=O) groups excluding carboxylic acids is 3. The van der Waals surface area contributed by atoms with Crippen LogP contribution in [0.25, 0.3) is 0 Å². The second kappa shape index (κ2) is 48.1. The van der Waals surface area contributed by atoms with Crippen molar-refractivity contribution in [2.45, 2.75) is 303 Å². The third-order valence-electron chi connectivity index (χ3n) is 11.9. The molecule has 0 unspecified atom stereocenters. The Hall–Kier alpha value is -1.59. The van der Waals surface area contributed by atoms with Crippen molar-refractivity contribution in [1.29, 1.82) is 0 Å². The van der Waals surface area contributed by atoms with E-state index in [9.17, 15) is 14.4 Å². The molecule has 0 saturated heterocycles. The van der Waals surface area contributed by atoms with Gasteiger partial charge in [0.1, 0.15) is 13.2 Å². The third-order valence-corrected chi connectivity index (χ3v) is 11.9. The summed E-state index contributed by atoms with van der Waals surface area (Å²) in [7, 11) is 0. The summed E-state index contributed by atoms with van der Waals surface area (Å²) >= 11 is 0. The van der Waals surface area contributed by atoms with Crippen LogP contribution in [0.5, 0.6) is 0 Å². The maximum atomic E-state index is 12.7. The summed E-state index contributed by atoms with van der Waals surface area (Å²) in [6.45, 7) is 6.61. The van der Waals surface area contributed by atoms with Gasteiger partial charge in [0.25, 0.3) is 0 Å². The fourth-order valence-electron chi connectivity index (χ4n) is 7.92. The van der Waals surface area contributed by atoms with Crippen molar-refractivity contribution >= 4 is 17.9 Å². The Morgan fingerprint density at radius 3 is 0.690 bits per heavy atom. The van der Waals surface area contributed by atoms with Gasteiger partial charge in [-0.3, -0.25) is 14.4 Å². The Morgan fingerprint density at radius 1 is 0.276 bits per heavy atom. The molecular weight excluding hydrogens is 721 g/mol. The van der Waals surface area contributed by atoms with Gasteiger partial charge in [-0.2, -0.15) is 0 Å². The Labute approximate surface area is 361 Å². The van der Waals surface area contributed by atoms with Crippen LogP contribution in [0, 0.1) is 0 Å². The quantitative estimate of drug-likeness (QED) is 0.0346. The lowest BCUT2D eigenvalue weighted by Crippen LogP contribution is -2.30. The maximum Gasteiger partial charge on any atom is 0.306 e. The monoisotopic (exact) mass is 821 g/mol. The first-order valence-corrected chi connectivity index (χ1v) is 26.0.